The molecule has 6 nitrogen and oxygen atoms in total. The van der Waals surface area contributed by atoms with Gasteiger partial charge in [0.05, 0.1) is 17.9 Å². The Bertz CT molecular complexity index is 843. The Morgan fingerprint density at radius 2 is 2.15 bits per heavy atom. The number of carbonyl (C=O) groups excluding carboxylic acids is 2. The van der Waals surface area contributed by atoms with E-state index in [9.17, 15) is 14.7 Å². The summed E-state index contributed by atoms with van der Waals surface area (Å²) in [5.41, 5.74) is 0.631. The van der Waals surface area contributed by atoms with Crippen LogP contribution in [-0.4, -0.2) is 42.0 Å². The number of carbonyl (C=O) groups is 2. The number of Topliss-reactive ketones (excluding diaryl/α,β-unsaturated/α-hetero) is 1. The van der Waals surface area contributed by atoms with Crippen LogP contribution in [0.2, 0.25) is 5.02 Å². The standard InChI is InChI=1S/C19H18ClNO5/c1-25-9-4-8-21-16(12-5-2-6-13(20)11-12)15(18(23)19(21)24)17(22)14-7-3-10-26-14/h2-3,5-7,10-11,16,23H,4,8-9H2,1H3. The van der Waals surface area contributed by atoms with E-state index in [0.717, 1.165) is 0 Å². The zero-order chi connectivity index (χ0) is 18.7. The molecule has 1 aromatic heterocycles. The molecule has 0 radical (unpaired) electrons. The van der Waals surface area contributed by atoms with Crippen molar-refractivity contribution in [3.8, 4) is 0 Å². The summed E-state index contributed by atoms with van der Waals surface area (Å²) in [7, 11) is 1.57. The van der Waals surface area contributed by atoms with Crippen LogP contribution in [0.25, 0.3) is 0 Å². The molecule has 1 unspecified atom stereocenters. The van der Waals surface area contributed by atoms with Crippen molar-refractivity contribution in [3.05, 3.63) is 70.3 Å². The fourth-order valence-electron chi connectivity index (χ4n) is 3.06. The minimum absolute atomic E-state index is 0.00960. The predicted octanol–water partition coefficient (Wildman–Crippen LogP) is 3.55. The first-order valence-electron chi connectivity index (χ1n) is 8.11. The third kappa shape index (κ3) is 3.38. The summed E-state index contributed by atoms with van der Waals surface area (Å²) in [5.74, 6) is -1.63. The lowest BCUT2D eigenvalue weighted by atomic mass is 9.95. The second kappa shape index (κ2) is 7.76. The van der Waals surface area contributed by atoms with Gasteiger partial charge in [-0.15, -0.1) is 0 Å². The Hall–Kier alpha value is -2.57. The fourth-order valence-corrected chi connectivity index (χ4v) is 3.26. The lowest BCUT2D eigenvalue weighted by Crippen LogP contribution is -2.32. The van der Waals surface area contributed by atoms with Crippen molar-refractivity contribution >= 4 is 23.3 Å². The highest BCUT2D eigenvalue weighted by Crippen LogP contribution is 2.39. The number of aliphatic hydroxyl groups is 1. The van der Waals surface area contributed by atoms with Crippen LogP contribution in [0.4, 0.5) is 0 Å². The van der Waals surface area contributed by atoms with E-state index in [2.05, 4.69) is 0 Å². The molecule has 1 aromatic carbocycles. The van der Waals surface area contributed by atoms with Gasteiger partial charge in [-0.05, 0) is 36.2 Å². The molecular formula is C19H18ClNO5. The van der Waals surface area contributed by atoms with Gasteiger partial charge in [-0.2, -0.15) is 0 Å². The zero-order valence-electron chi connectivity index (χ0n) is 14.1. The lowest BCUT2D eigenvalue weighted by molar-refractivity contribution is -0.129. The minimum Gasteiger partial charge on any atom is -0.503 e. The second-order valence-electron chi connectivity index (χ2n) is 5.87. The molecule has 2 aromatic rings. The van der Waals surface area contributed by atoms with Crippen LogP contribution in [-0.2, 0) is 9.53 Å². The van der Waals surface area contributed by atoms with Crippen LogP contribution in [0, 0.1) is 0 Å². The van der Waals surface area contributed by atoms with Crippen molar-refractivity contribution in [1.29, 1.82) is 0 Å². The number of halogens is 1. The van der Waals surface area contributed by atoms with E-state index in [-0.39, 0.29) is 11.3 Å². The molecule has 0 fully saturated rings. The second-order valence-corrected chi connectivity index (χ2v) is 6.31. The summed E-state index contributed by atoms with van der Waals surface area (Å²) < 4.78 is 10.2. The highest BCUT2D eigenvalue weighted by atomic mass is 35.5. The maximum atomic E-state index is 12.9. The number of benzene rings is 1. The highest BCUT2D eigenvalue weighted by Gasteiger charge is 2.44. The third-order valence-electron chi connectivity index (χ3n) is 4.21. The fraction of sp³-hybridized carbons (Fsp3) is 0.263. The zero-order valence-corrected chi connectivity index (χ0v) is 14.9. The normalized spacial score (nSPS) is 17.2. The van der Waals surface area contributed by atoms with Gasteiger partial charge < -0.3 is 19.2 Å². The number of rotatable bonds is 7. The van der Waals surface area contributed by atoms with E-state index in [1.165, 1.54) is 17.2 Å². The van der Waals surface area contributed by atoms with Gasteiger partial charge in [-0.3, -0.25) is 9.59 Å². The van der Waals surface area contributed by atoms with Crippen LogP contribution in [0.15, 0.2) is 58.4 Å². The molecule has 0 aliphatic carbocycles. The molecule has 0 saturated carbocycles. The molecule has 136 valence electrons. The van der Waals surface area contributed by atoms with E-state index in [1.54, 1.807) is 37.4 Å². The lowest BCUT2D eigenvalue weighted by Gasteiger charge is -2.26. The van der Waals surface area contributed by atoms with Crippen molar-refractivity contribution in [3.63, 3.8) is 0 Å². The number of hydrogen-bond acceptors (Lipinski definition) is 5. The molecule has 26 heavy (non-hydrogen) atoms. The average molecular weight is 376 g/mol. The molecule has 0 spiro atoms. The first-order chi connectivity index (χ1) is 12.5. The maximum Gasteiger partial charge on any atom is 0.290 e. The van der Waals surface area contributed by atoms with Crippen LogP contribution in [0.1, 0.15) is 28.6 Å². The minimum atomic E-state index is -0.740. The van der Waals surface area contributed by atoms with Crippen molar-refractivity contribution in [2.24, 2.45) is 0 Å². The van der Waals surface area contributed by atoms with E-state index in [1.807, 2.05) is 0 Å². The van der Waals surface area contributed by atoms with E-state index < -0.39 is 23.5 Å². The number of nitrogens with zero attached hydrogens (tertiary/aromatic N) is 1. The number of amides is 1. The number of ketones is 1. The molecule has 1 atom stereocenters. The van der Waals surface area contributed by atoms with E-state index >= 15 is 0 Å². The van der Waals surface area contributed by atoms with Crippen LogP contribution in [0.5, 0.6) is 0 Å². The predicted molar refractivity (Wildman–Crippen MR) is 95.1 cm³/mol. The molecule has 2 heterocycles. The van der Waals surface area contributed by atoms with Gasteiger partial charge >= 0.3 is 0 Å². The van der Waals surface area contributed by atoms with Gasteiger partial charge in [0.25, 0.3) is 5.91 Å². The number of ether oxygens (including phenoxy) is 1. The molecule has 1 aliphatic heterocycles. The first kappa shape index (κ1) is 18.2. The Morgan fingerprint density at radius 1 is 1.35 bits per heavy atom. The molecule has 0 bridgehead atoms. The summed E-state index contributed by atoms with van der Waals surface area (Å²) >= 11 is 6.09. The van der Waals surface area contributed by atoms with Crippen molar-refractivity contribution in [1.82, 2.24) is 4.90 Å². The summed E-state index contributed by atoms with van der Waals surface area (Å²) in [6, 6.07) is 9.21. The van der Waals surface area contributed by atoms with Crippen molar-refractivity contribution < 1.29 is 23.8 Å². The number of furan rings is 1. The summed E-state index contributed by atoms with van der Waals surface area (Å²) in [4.78, 5) is 26.9. The molecule has 3 rings (SSSR count). The van der Waals surface area contributed by atoms with Gasteiger partial charge in [0.15, 0.2) is 11.5 Å². The molecule has 1 aliphatic rings. The smallest absolute Gasteiger partial charge is 0.290 e. The van der Waals surface area contributed by atoms with Gasteiger partial charge in [-0.1, -0.05) is 23.7 Å². The van der Waals surface area contributed by atoms with Crippen LogP contribution < -0.4 is 0 Å². The van der Waals surface area contributed by atoms with Gasteiger partial charge in [0.2, 0.25) is 5.78 Å². The first-order valence-corrected chi connectivity index (χ1v) is 8.49. The van der Waals surface area contributed by atoms with Crippen LogP contribution in [0.3, 0.4) is 0 Å². The summed E-state index contributed by atoms with van der Waals surface area (Å²) in [6.45, 7) is 0.775. The Balaban J connectivity index is 2.04. The van der Waals surface area contributed by atoms with E-state index in [4.69, 9.17) is 20.8 Å². The number of aliphatic hydroxyl groups excluding tert-OH is 1. The highest BCUT2D eigenvalue weighted by molar-refractivity contribution is 6.30. The quantitative estimate of drug-likeness (QED) is 0.591. The average Bonchev–Trinajstić information content (AvgIpc) is 3.24. The molecule has 7 heteroatoms. The maximum absolute atomic E-state index is 12.9. The topological polar surface area (TPSA) is 80.0 Å². The van der Waals surface area contributed by atoms with Gasteiger partial charge in [-0.25, -0.2) is 0 Å². The summed E-state index contributed by atoms with van der Waals surface area (Å²) in [6.07, 6.45) is 1.93. The molecule has 0 saturated heterocycles. The Labute approximate surface area is 155 Å². The molecule has 1 N–H and O–H groups in total. The number of methoxy groups -OCH3 is 1. The summed E-state index contributed by atoms with van der Waals surface area (Å²) in [5, 5.41) is 10.9. The Morgan fingerprint density at radius 3 is 2.81 bits per heavy atom. The van der Waals surface area contributed by atoms with Crippen molar-refractivity contribution in [2.75, 3.05) is 20.3 Å². The van der Waals surface area contributed by atoms with Gasteiger partial charge in [0, 0.05) is 25.3 Å². The van der Waals surface area contributed by atoms with Gasteiger partial charge in [0.1, 0.15) is 0 Å². The van der Waals surface area contributed by atoms with Crippen molar-refractivity contribution in [2.45, 2.75) is 12.5 Å². The van der Waals surface area contributed by atoms with Crippen LogP contribution >= 0.6 is 11.6 Å². The van der Waals surface area contributed by atoms with E-state index in [0.29, 0.717) is 30.2 Å². The molecular weight excluding hydrogens is 358 g/mol. The SMILES string of the molecule is COCCCN1C(=O)C(O)=C(C(=O)c2ccco2)C1c1cccc(Cl)c1. The molecule has 1 amide bonds. The monoisotopic (exact) mass is 375 g/mol. The Kier molecular flexibility index (Phi) is 5.44. The third-order valence-corrected chi connectivity index (χ3v) is 4.44. The largest absolute Gasteiger partial charge is 0.503 e. The number of hydrogen-bond donors (Lipinski definition) is 1.